The van der Waals surface area contributed by atoms with E-state index >= 15 is 0 Å². The van der Waals surface area contributed by atoms with Crippen LogP contribution in [0.3, 0.4) is 0 Å². The largest absolute Gasteiger partial charge is 0.510 e. The van der Waals surface area contributed by atoms with Crippen LogP contribution in [0.25, 0.3) is 0 Å². The van der Waals surface area contributed by atoms with Gasteiger partial charge in [0, 0.05) is 50.3 Å². The molecule has 15 nitrogen and oxygen atoms in total. The number of benzene rings is 1. The summed E-state index contributed by atoms with van der Waals surface area (Å²) in [5.41, 5.74) is 2.10. The summed E-state index contributed by atoms with van der Waals surface area (Å²) in [6.45, 7) is 6.58. The van der Waals surface area contributed by atoms with Gasteiger partial charge in [0.25, 0.3) is 5.91 Å². The highest BCUT2D eigenvalue weighted by Crippen LogP contribution is 2.53. The van der Waals surface area contributed by atoms with Gasteiger partial charge in [-0.1, -0.05) is 20.8 Å². The number of likely N-dealkylation sites (N-methyl/N-ethyl adjacent to an activating group) is 1. The number of hydrogen-bond acceptors (Lipinski definition) is 13. The zero-order valence-corrected chi connectivity index (χ0v) is 29.1. The molecular weight excluding hydrogens is 640 g/mol. The van der Waals surface area contributed by atoms with Crippen molar-refractivity contribution in [3.8, 4) is 5.75 Å². The van der Waals surface area contributed by atoms with E-state index in [1.165, 1.54) is 16.7 Å². The Morgan fingerprint density at radius 2 is 1.65 bits per heavy atom. The van der Waals surface area contributed by atoms with Crippen molar-refractivity contribution in [2.75, 3.05) is 52.8 Å². The lowest BCUT2D eigenvalue weighted by atomic mass is 9.58. The summed E-state index contributed by atoms with van der Waals surface area (Å²) >= 11 is 0. The van der Waals surface area contributed by atoms with Crippen molar-refractivity contribution in [3.05, 3.63) is 45.4 Å². The number of aliphatic hydroxyl groups excluding tert-OH is 2. The maximum atomic E-state index is 14.4. The van der Waals surface area contributed by atoms with E-state index in [1.54, 1.807) is 39.2 Å². The third kappa shape index (κ3) is 6.69. The number of primary amides is 1. The molecule has 6 N–H and O–H groups in total. The van der Waals surface area contributed by atoms with Crippen LogP contribution in [0.4, 0.5) is 10.5 Å². The number of phenolic OH excluding ortho intramolecular Hbond substituents is 1. The van der Waals surface area contributed by atoms with Gasteiger partial charge in [-0.15, -0.1) is 0 Å². The Bertz CT molecular complexity index is 1660. The van der Waals surface area contributed by atoms with Crippen LogP contribution in [-0.2, 0) is 36.8 Å². The third-order valence-electron chi connectivity index (χ3n) is 9.16. The maximum Gasteiger partial charge on any atom is 0.410 e. The lowest BCUT2D eigenvalue weighted by Crippen LogP contribution is -2.63. The number of rotatable bonds is 9. The van der Waals surface area contributed by atoms with Crippen LogP contribution >= 0.6 is 0 Å². The predicted octanol–water partition coefficient (Wildman–Crippen LogP) is 1.73. The summed E-state index contributed by atoms with van der Waals surface area (Å²) < 4.78 is 10.2. The van der Waals surface area contributed by atoms with E-state index in [0.29, 0.717) is 11.3 Å². The SMILES string of the molecule is CC(=O)OCCOC(=O)N(Cc1cc(N(C)C)c2c(c1O)C(=O)C1=C(O)[C@]3(O)C(=O)C(C(N)=O)=C(O)[C@H](N(C)C)[C@H]3C[C@@H]1C2)CC(C)(C)C. The number of nitrogens with two attached hydrogens (primary N) is 1. The number of phenols is 1. The monoisotopic (exact) mass is 686 g/mol. The van der Waals surface area contributed by atoms with Crippen molar-refractivity contribution in [1.82, 2.24) is 9.80 Å². The number of anilines is 1. The second-order valence-corrected chi connectivity index (χ2v) is 14.5. The molecule has 49 heavy (non-hydrogen) atoms. The summed E-state index contributed by atoms with van der Waals surface area (Å²) in [6.07, 6.45) is -0.676. The fraction of sp³-hybridized carbons (Fsp3) is 0.559. The molecule has 1 aromatic rings. The van der Waals surface area contributed by atoms with Crippen LogP contribution in [-0.4, -0.2) is 119 Å². The summed E-state index contributed by atoms with van der Waals surface area (Å²) in [5, 5.41) is 46.2. The number of esters is 1. The highest BCUT2D eigenvalue weighted by Gasteiger charge is 2.63. The lowest BCUT2D eigenvalue weighted by molar-refractivity contribution is -0.148. The molecule has 0 saturated heterocycles. The molecule has 0 heterocycles. The highest BCUT2D eigenvalue weighted by atomic mass is 16.6. The number of ether oxygens (including phenoxy) is 2. The van der Waals surface area contributed by atoms with E-state index in [2.05, 4.69) is 0 Å². The standard InChI is InChI=1S/C34H46N4O11/c1-16(39)48-9-10-49-32(46)38(15-33(2,3)4)14-18-13-21(36(5)6)19-11-17-12-20-25(37(7)8)28(42)24(31(35)45)30(44)34(20,47)29(43)22(17)27(41)23(19)26(18)40/h13,17,20,25,40,42-43,47H,9-12,14-15H2,1-8H3,(H2,35,45)/t17-,20+,25+,34-/m0/s1. The molecule has 15 heteroatoms. The van der Waals surface area contributed by atoms with Gasteiger partial charge in [-0.05, 0) is 49.9 Å². The number of carbonyl (C=O) groups is 5. The van der Waals surface area contributed by atoms with Crippen LogP contribution in [0.5, 0.6) is 5.75 Å². The molecule has 0 bridgehead atoms. The van der Waals surface area contributed by atoms with Gasteiger partial charge in [0.1, 0.15) is 36.1 Å². The van der Waals surface area contributed by atoms with Gasteiger partial charge in [0.2, 0.25) is 5.78 Å². The van der Waals surface area contributed by atoms with E-state index in [0.717, 1.165) is 0 Å². The van der Waals surface area contributed by atoms with E-state index in [-0.39, 0.29) is 55.8 Å². The molecular formula is C34H46N4O11. The van der Waals surface area contributed by atoms with Gasteiger partial charge in [0.15, 0.2) is 11.4 Å². The molecule has 3 aliphatic rings. The first-order valence-electron chi connectivity index (χ1n) is 15.9. The summed E-state index contributed by atoms with van der Waals surface area (Å²) in [6, 6.07) is 0.564. The second-order valence-electron chi connectivity index (χ2n) is 14.5. The number of aromatic hydroxyl groups is 1. The number of amides is 2. The minimum absolute atomic E-state index is 0.0420. The maximum absolute atomic E-state index is 14.4. The van der Waals surface area contributed by atoms with Crippen molar-refractivity contribution < 1.29 is 53.9 Å². The molecule has 4 rings (SSSR count). The van der Waals surface area contributed by atoms with Gasteiger partial charge < -0.3 is 45.4 Å². The van der Waals surface area contributed by atoms with Crippen LogP contribution in [0.1, 0.15) is 55.6 Å². The molecule has 2 amide bonds. The molecule has 4 atom stereocenters. The molecule has 0 aliphatic heterocycles. The molecule has 0 unspecified atom stereocenters. The molecule has 0 radical (unpaired) electrons. The summed E-state index contributed by atoms with van der Waals surface area (Å²) in [5.74, 6) is -7.93. The van der Waals surface area contributed by atoms with E-state index in [1.807, 2.05) is 20.8 Å². The van der Waals surface area contributed by atoms with Gasteiger partial charge in [-0.25, -0.2) is 4.79 Å². The molecule has 1 aromatic carbocycles. The fourth-order valence-corrected chi connectivity index (χ4v) is 7.24. The van der Waals surface area contributed by atoms with Crippen molar-refractivity contribution in [2.24, 2.45) is 23.0 Å². The summed E-state index contributed by atoms with van der Waals surface area (Å²) in [4.78, 5) is 69.2. The molecule has 0 saturated carbocycles. The molecule has 0 fully saturated rings. The average molecular weight is 687 g/mol. The molecule has 0 aromatic heterocycles. The number of nitrogens with zero attached hydrogens (tertiary/aromatic N) is 3. The van der Waals surface area contributed by atoms with Crippen molar-refractivity contribution in [2.45, 2.75) is 58.7 Å². The quantitative estimate of drug-likeness (QED) is 0.142. The lowest BCUT2D eigenvalue weighted by Gasteiger charge is -2.50. The Morgan fingerprint density at radius 3 is 2.18 bits per heavy atom. The number of carbonyl (C=O) groups excluding carboxylic acids is 5. The minimum atomic E-state index is -2.76. The molecule has 0 spiro atoms. The first-order chi connectivity index (χ1) is 22.6. The van der Waals surface area contributed by atoms with Crippen molar-refractivity contribution in [3.63, 3.8) is 0 Å². The smallest absolute Gasteiger partial charge is 0.410 e. The van der Waals surface area contributed by atoms with E-state index < -0.39 is 81.3 Å². The first kappa shape index (κ1) is 37.2. The average Bonchev–Trinajstić information content (AvgIpc) is 2.96. The molecule has 268 valence electrons. The van der Waals surface area contributed by atoms with Crippen molar-refractivity contribution >= 4 is 35.2 Å². The number of allylic oxidation sites excluding steroid dienone is 1. The number of Topliss-reactive ketones (excluding diaryl/α,β-unsaturated/α-hetero) is 2. The Balaban J connectivity index is 1.83. The summed E-state index contributed by atoms with van der Waals surface area (Å²) in [7, 11) is 6.62. The zero-order chi connectivity index (χ0) is 36.9. The van der Waals surface area contributed by atoms with E-state index in [4.69, 9.17) is 15.2 Å². The topological polar surface area (TPSA) is 220 Å². The Kier molecular flexibility index (Phi) is 10.1. The van der Waals surface area contributed by atoms with Crippen LogP contribution in [0.15, 0.2) is 28.7 Å². The van der Waals surface area contributed by atoms with E-state index in [9.17, 15) is 44.4 Å². The minimum Gasteiger partial charge on any atom is -0.510 e. The number of hydrogen-bond donors (Lipinski definition) is 5. The highest BCUT2D eigenvalue weighted by molar-refractivity contribution is 6.25. The number of aliphatic hydroxyl groups is 3. The predicted molar refractivity (Wildman–Crippen MR) is 176 cm³/mol. The Hall–Kier alpha value is -4.63. The first-order valence-corrected chi connectivity index (χ1v) is 15.9. The third-order valence-corrected chi connectivity index (χ3v) is 9.16. The van der Waals surface area contributed by atoms with Gasteiger partial charge in [-0.2, -0.15) is 0 Å². The Labute approximate surface area is 284 Å². The van der Waals surface area contributed by atoms with Crippen molar-refractivity contribution in [1.29, 1.82) is 0 Å². The zero-order valence-electron chi connectivity index (χ0n) is 29.1. The van der Waals surface area contributed by atoms with Crippen LogP contribution in [0, 0.1) is 17.3 Å². The van der Waals surface area contributed by atoms with Crippen LogP contribution in [0.2, 0.25) is 0 Å². The van der Waals surface area contributed by atoms with Crippen LogP contribution < -0.4 is 10.6 Å². The molecule has 3 aliphatic carbocycles. The van der Waals surface area contributed by atoms with Gasteiger partial charge >= 0.3 is 12.1 Å². The number of ketones is 2. The normalized spacial score (nSPS) is 23.5. The Morgan fingerprint density at radius 1 is 1.04 bits per heavy atom. The fourth-order valence-electron chi connectivity index (χ4n) is 7.24. The number of fused-ring (bicyclic) bond motifs is 3. The van der Waals surface area contributed by atoms with Gasteiger partial charge in [-0.3, -0.25) is 24.1 Å². The second kappa shape index (κ2) is 13.3. The van der Waals surface area contributed by atoms with Gasteiger partial charge in [0.05, 0.1) is 18.2 Å².